The molecular formula is C16H26O3. The van der Waals surface area contributed by atoms with Crippen molar-refractivity contribution in [3.05, 3.63) is 29.3 Å². The minimum atomic E-state index is -0.304. The van der Waals surface area contributed by atoms with Crippen LogP contribution in [0.5, 0.6) is 5.75 Å². The molecule has 0 fully saturated rings. The average molecular weight is 266 g/mol. The van der Waals surface area contributed by atoms with Crippen molar-refractivity contribution in [1.29, 1.82) is 0 Å². The zero-order valence-electron chi connectivity index (χ0n) is 12.9. The van der Waals surface area contributed by atoms with Gasteiger partial charge in [0.05, 0.1) is 7.11 Å². The standard InChI is InChI=1S/C16H26O3/c1-7-18-15(19-8-2)12-9-10-14(17-6)13(11-12)16(3,4)5/h9-11,15H,7-8H2,1-6H3. The highest BCUT2D eigenvalue weighted by molar-refractivity contribution is 5.42. The molecule has 0 saturated carbocycles. The van der Waals surface area contributed by atoms with Gasteiger partial charge in [-0.05, 0) is 37.0 Å². The molecule has 0 spiro atoms. The summed E-state index contributed by atoms with van der Waals surface area (Å²) >= 11 is 0. The molecule has 0 heterocycles. The molecule has 0 radical (unpaired) electrons. The van der Waals surface area contributed by atoms with Crippen molar-refractivity contribution in [3.8, 4) is 5.75 Å². The van der Waals surface area contributed by atoms with E-state index in [4.69, 9.17) is 14.2 Å². The molecule has 19 heavy (non-hydrogen) atoms. The molecule has 0 amide bonds. The molecule has 1 aromatic carbocycles. The molecule has 0 unspecified atom stereocenters. The van der Waals surface area contributed by atoms with Crippen molar-refractivity contribution < 1.29 is 14.2 Å². The van der Waals surface area contributed by atoms with E-state index < -0.39 is 0 Å². The van der Waals surface area contributed by atoms with Crippen LogP contribution in [-0.2, 0) is 14.9 Å². The van der Waals surface area contributed by atoms with Gasteiger partial charge in [0.2, 0.25) is 0 Å². The Balaban J connectivity index is 3.15. The Kier molecular flexibility index (Phi) is 5.83. The Labute approximate surface area is 116 Å². The highest BCUT2D eigenvalue weighted by Gasteiger charge is 2.21. The van der Waals surface area contributed by atoms with E-state index in [1.54, 1.807) is 7.11 Å². The third-order valence-corrected chi connectivity index (χ3v) is 2.94. The summed E-state index contributed by atoms with van der Waals surface area (Å²) in [4.78, 5) is 0. The van der Waals surface area contributed by atoms with Crippen LogP contribution in [0.3, 0.4) is 0 Å². The third-order valence-electron chi connectivity index (χ3n) is 2.94. The molecule has 0 saturated heterocycles. The maximum Gasteiger partial charge on any atom is 0.183 e. The number of hydrogen-bond donors (Lipinski definition) is 0. The van der Waals surface area contributed by atoms with Crippen LogP contribution < -0.4 is 4.74 Å². The Bertz CT molecular complexity index is 387. The first-order valence-corrected chi connectivity index (χ1v) is 6.85. The van der Waals surface area contributed by atoms with Crippen LogP contribution in [-0.4, -0.2) is 20.3 Å². The summed E-state index contributed by atoms with van der Waals surface area (Å²) in [5, 5.41) is 0. The molecule has 0 atom stereocenters. The van der Waals surface area contributed by atoms with Crippen molar-refractivity contribution in [1.82, 2.24) is 0 Å². The molecule has 0 bridgehead atoms. The number of hydrogen-bond acceptors (Lipinski definition) is 3. The van der Waals surface area contributed by atoms with E-state index in [0.29, 0.717) is 13.2 Å². The molecule has 0 aromatic heterocycles. The summed E-state index contributed by atoms with van der Waals surface area (Å²) in [6.07, 6.45) is -0.304. The second-order valence-electron chi connectivity index (χ2n) is 5.45. The van der Waals surface area contributed by atoms with E-state index in [2.05, 4.69) is 26.8 Å². The van der Waals surface area contributed by atoms with E-state index in [9.17, 15) is 0 Å². The lowest BCUT2D eigenvalue weighted by atomic mass is 9.85. The van der Waals surface area contributed by atoms with Gasteiger partial charge in [-0.1, -0.05) is 26.8 Å². The Hall–Kier alpha value is -1.06. The molecule has 0 aliphatic rings. The number of benzene rings is 1. The summed E-state index contributed by atoms with van der Waals surface area (Å²) in [5.41, 5.74) is 2.22. The minimum Gasteiger partial charge on any atom is -0.496 e. The van der Waals surface area contributed by atoms with E-state index in [-0.39, 0.29) is 11.7 Å². The smallest absolute Gasteiger partial charge is 0.183 e. The van der Waals surface area contributed by atoms with Gasteiger partial charge in [-0.3, -0.25) is 0 Å². The zero-order chi connectivity index (χ0) is 14.5. The largest absolute Gasteiger partial charge is 0.496 e. The predicted molar refractivity (Wildman–Crippen MR) is 77.7 cm³/mol. The maximum absolute atomic E-state index is 5.65. The summed E-state index contributed by atoms with van der Waals surface area (Å²) in [6.45, 7) is 11.7. The van der Waals surface area contributed by atoms with E-state index in [1.165, 1.54) is 0 Å². The van der Waals surface area contributed by atoms with E-state index >= 15 is 0 Å². The monoisotopic (exact) mass is 266 g/mol. The Morgan fingerprint density at radius 2 is 1.63 bits per heavy atom. The highest BCUT2D eigenvalue weighted by atomic mass is 16.7. The topological polar surface area (TPSA) is 27.7 Å². The maximum atomic E-state index is 5.65. The van der Waals surface area contributed by atoms with Crippen molar-refractivity contribution in [2.24, 2.45) is 0 Å². The summed E-state index contributed by atoms with van der Waals surface area (Å²) in [5.74, 6) is 0.906. The van der Waals surface area contributed by atoms with Gasteiger partial charge >= 0.3 is 0 Å². The highest BCUT2D eigenvalue weighted by Crippen LogP contribution is 2.34. The molecule has 108 valence electrons. The number of ether oxygens (including phenoxy) is 3. The first-order chi connectivity index (χ1) is 8.93. The Morgan fingerprint density at radius 3 is 2.05 bits per heavy atom. The van der Waals surface area contributed by atoms with Gasteiger partial charge in [0.15, 0.2) is 6.29 Å². The zero-order valence-corrected chi connectivity index (χ0v) is 12.9. The molecular weight excluding hydrogens is 240 g/mol. The predicted octanol–water partition coefficient (Wildman–Crippen LogP) is 4.06. The average Bonchev–Trinajstić information content (AvgIpc) is 2.37. The van der Waals surface area contributed by atoms with Crippen LogP contribution in [0.2, 0.25) is 0 Å². The lowest BCUT2D eigenvalue weighted by Crippen LogP contribution is -2.15. The van der Waals surface area contributed by atoms with Crippen molar-refractivity contribution >= 4 is 0 Å². The van der Waals surface area contributed by atoms with Crippen LogP contribution in [0.1, 0.15) is 52.0 Å². The fourth-order valence-electron chi connectivity index (χ4n) is 2.00. The Morgan fingerprint density at radius 1 is 1.05 bits per heavy atom. The van der Waals surface area contributed by atoms with Crippen LogP contribution in [0, 0.1) is 0 Å². The van der Waals surface area contributed by atoms with Gasteiger partial charge in [-0.25, -0.2) is 0 Å². The first kappa shape index (κ1) is 16.0. The van der Waals surface area contributed by atoms with Crippen LogP contribution in [0.15, 0.2) is 18.2 Å². The molecule has 3 nitrogen and oxygen atoms in total. The van der Waals surface area contributed by atoms with Gasteiger partial charge in [0.25, 0.3) is 0 Å². The summed E-state index contributed by atoms with van der Waals surface area (Å²) in [6, 6.07) is 6.11. The quantitative estimate of drug-likeness (QED) is 0.727. The van der Waals surface area contributed by atoms with Crippen molar-refractivity contribution in [3.63, 3.8) is 0 Å². The van der Waals surface area contributed by atoms with Crippen LogP contribution in [0.25, 0.3) is 0 Å². The lowest BCUT2D eigenvalue weighted by molar-refractivity contribution is -0.140. The van der Waals surface area contributed by atoms with Gasteiger partial charge < -0.3 is 14.2 Å². The summed E-state index contributed by atoms with van der Waals surface area (Å²) in [7, 11) is 1.70. The molecule has 1 rings (SSSR count). The molecule has 3 heteroatoms. The normalized spacial score (nSPS) is 11.9. The fraction of sp³-hybridized carbons (Fsp3) is 0.625. The summed E-state index contributed by atoms with van der Waals surface area (Å²) < 4.78 is 16.7. The van der Waals surface area contributed by atoms with Gasteiger partial charge in [0, 0.05) is 18.8 Å². The lowest BCUT2D eigenvalue weighted by Gasteiger charge is -2.25. The van der Waals surface area contributed by atoms with Crippen molar-refractivity contribution in [2.45, 2.75) is 46.3 Å². The van der Waals surface area contributed by atoms with Gasteiger partial charge in [0.1, 0.15) is 5.75 Å². The van der Waals surface area contributed by atoms with Crippen molar-refractivity contribution in [2.75, 3.05) is 20.3 Å². The van der Waals surface area contributed by atoms with Crippen LogP contribution >= 0.6 is 0 Å². The first-order valence-electron chi connectivity index (χ1n) is 6.85. The molecule has 0 aliphatic heterocycles. The number of methoxy groups -OCH3 is 1. The second-order valence-corrected chi connectivity index (χ2v) is 5.45. The van der Waals surface area contributed by atoms with Gasteiger partial charge in [-0.2, -0.15) is 0 Å². The van der Waals surface area contributed by atoms with E-state index in [1.807, 2.05) is 26.0 Å². The number of rotatable bonds is 6. The molecule has 1 aromatic rings. The second kappa shape index (κ2) is 6.92. The van der Waals surface area contributed by atoms with E-state index in [0.717, 1.165) is 16.9 Å². The molecule has 0 aliphatic carbocycles. The molecule has 0 N–H and O–H groups in total. The minimum absolute atomic E-state index is 0.0182. The SMILES string of the molecule is CCOC(OCC)c1ccc(OC)c(C(C)(C)C)c1. The fourth-order valence-corrected chi connectivity index (χ4v) is 2.00. The van der Waals surface area contributed by atoms with Crippen LogP contribution in [0.4, 0.5) is 0 Å². The third kappa shape index (κ3) is 4.22. The van der Waals surface area contributed by atoms with Gasteiger partial charge in [-0.15, -0.1) is 0 Å².